The quantitative estimate of drug-likeness (QED) is 0.290. The average molecular weight is 343 g/mol. The van der Waals surface area contributed by atoms with Crippen molar-refractivity contribution in [3.8, 4) is 11.1 Å². The van der Waals surface area contributed by atoms with Gasteiger partial charge < -0.3 is 4.42 Å². The van der Waals surface area contributed by atoms with Crippen molar-refractivity contribution in [3.63, 3.8) is 0 Å². The smallest absolute Gasteiger partial charge is 0.143 e. The minimum absolute atomic E-state index is 0.738. The number of hydrogen-bond acceptors (Lipinski definition) is 1. The van der Waals surface area contributed by atoms with Crippen molar-refractivity contribution in [1.29, 1.82) is 0 Å². The summed E-state index contributed by atoms with van der Waals surface area (Å²) in [5, 5.41) is 6.54. The van der Waals surface area contributed by atoms with Crippen molar-refractivity contribution < 1.29 is 4.42 Å². The minimum atomic E-state index is 0.738. The molecule has 0 radical (unpaired) electrons. The monoisotopic (exact) mass is 342 g/mol. The molecule has 1 aromatic heterocycles. The van der Waals surface area contributed by atoms with Crippen molar-refractivity contribution in [2.24, 2.45) is 0 Å². The van der Waals surface area contributed by atoms with Gasteiger partial charge in [-0.05, 0) is 40.8 Å². The molecule has 1 heterocycles. The first-order chi connectivity index (χ1) is 12.2. The predicted octanol–water partition coefficient (Wildman–Crippen LogP) is 7.37. The largest absolute Gasteiger partial charge is 0.460 e. The van der Waals surface area contributed by atoms with Crippen LogP contribution >= 0.6 is 11.6 Å². The number of halogens is 1. The molecule has 0 spiro atoms. The number of hydrogen-bond donors (Lipinski definition) is 0. The third-order valence-electron chi connectivity index (χ3n) is 4.86. The predicted molar refractivity (Wildman–Crippen MR) is 106 cm³/mol. The molecule has 0 bridgehead atoms. The summed E-state index contributed by atoms with van der Waals surface area (Å²) < 4.78 is 6.27. The average Bonchev–Trinajstić information content (AvgIpc) is 3.00. The Morgan fingerprint density at radius 2 is 1.40 bits per heavy atom. The van der Waals surface area contributed by atoms with Crippen LogP contribution in [0.4, 0.5) is 0 Å². The molecule has 2 heteroatoms. The van der Waals surface area contributed by atoms with Crippen LogP contribution in [0.15, 0.2) is 77.2 Å². The van der Waals surface area contributed by atoms with Gasteiger partial charge in [-0.25, -0.2) is 0 Å². The van der Waals surface area contributed by atoms with E-state index in [0.717, 1.165) is 43.7 Å². The first-order valence-corrected chi connectivity index (χ1v) is 8.70. The second-order valence-corrected chi connectivity index (χ2v) is 6.78. The number of aryl methyl sites for hydroxylation is 1. The molecule has 0 atom stereocenters. The third kappa shape index (κ3) is 2.09. The highest BCUT2D eigenvalue weighted by atomic mass is 35.5. The van der Waals surface area contributed by atoms with E-state index in [-0.39, 0.29) is 0 Å². The summed E-state index contributed by atoms with van der Waals surface area (Å²) in [6, 6.07) is 24.9. The van der Waals surface area contributed by atoms with Gasteiger partial charge in [0.1, 0.15) is 11.3 Å². The molecule has 25 heavy (non-hydrogen) atoms. The van der Waals surface area contributed by atoms with E-state index in [9.17, 15) is 0 Å². The molecule has 0 aliphatic heterocycles. The Kier molecular flexibility index (Phi) is 3.13. The van der Waals surface area contributed by atoms with Gasteiger partial charge in [-0.2, -0.15) is 0 Å². The van der Waals surface area contributed by atoms with Crippen LogP contribution in [0.5, 0.6) is 0 Å². The van der Waals surface area contributed by atoms with Gasteiger partial charge in [0, 0.05) is 21.4 Å². The lowest BCUT2D eigenvalue weighted by Gasteiger charge is -2.08. The van der Waals surface area contributed by atoms with Crippen LogP contribution < -0.4 is 0 Å². The van der Waals surface area contributed by atoms with Gasteiger partial charge in [0.25, 0.3) is 0 Å². The first-order valence-electron chi connectivity index (χ1n) is 8.32. The van der Waals surface area contributed by atoms with Crippen LogP contribution in [0, 0.1) is 6.92 Å². The number of benzene rings is 4. The fourth-order valence-corrected chi connectivity index (χ4v) is 3.99. The number of furan rings is 1. The highest BCUT2D eigenvalue weighted by molar-refractivity contribution is 6.34. The lowest BCUT2D eigenvalue weighted by atomic mass is 9.94. The normalized spacial score (nSPS) is 11.6. The summed E-state index contributed by atoms with van der Waals surface area (Å²) in [6.45, 7) is 2.04. The summed E-state index contributed by atoms with van der Waals surface area (Å²) in [5.74, 6) is 0.929. The van der Waals surface area contributed by atoms with Gasteiger partial charge in [-0.15, -0.1) is 0 Å². The van der Waals surface area contributed by atoms with Crippen molar-refractivity contribution in [2.75, 3.05) is 0 Å². The molecule has 4 aromatic carbocycles. The van der Waals surface area contributed by atoms with E-state index >= 15 is 0 Å². The van der Waals surface area contributed by atoms with Crippen molar-refractivity contribution in [3.05, 3.63) is 83.6 Å². The molecular formula is C23H15ClO. The maximum Gasteiger partial charge on any atom is 0.143 e. The molecule has 5 aromatic rings. The lowest BCUT2D eigenvalue weighted by Crippen LogP contribution is -1.83. The molecule has 0 N–H and O–H groups in total. The van der Waals surface area contributed by atoms with Crippen LogP contribution in [-0.4, -0.2) is 0 Å². The van der Waals surface area contributed by atoms with Crippen molar-refractivity contribution in [2.45, 2.75) is 6.92 Å². The molecule has 120 valence electrons. The molecule has 0 fully saturated rings. The lowest BCUT2D eigenvalue weighted by molar-refractivity contribution is 0.583. The highest BCUT2D eigenvalue weighted by Crippen LogP contribution is 2.43. The second-order valence-electron chi connectivity index (χ2n) is 6.34. The van der Waals surface area contributed by atoms with E-state index in [1.54, 1.807) is 0 Å². The molecule has 0 aliphatic carbocycles. The standard InChI is InChI=1S/C23H15ClO/c1-14-21(15-7-3-2-4-8-15)22-20-13-16(24)11-12-18(20)17-9-5-6-10-19(17)23(22)25-14/h2-13H,1H3. The van der Waals surface area contributed by atoms with E-state index in [2.05, 4.69) is 54.6 Å². The maximum atomic E-state index is 6.34. The van der Waals surface area contributed by atoms with Gasteiger partial charge in [0.2, 0.25) is 0 Å². The second kappa shape index (κ2) is 5.37. The van der Waals surface area contributed by atoms with E-state index in [4.69, 9.17) is 16.0 Å². The summed E-state index contributed by atoms with van der Waals surface area (Å²) in [4.78, 5) is 0. The maximum absolute atomic E-state index is 6.34. The number of rotatable bonds is 1. The summed E-state index contributed by atoms with van der Waals surface area (Å²) in [6.07, 6.45) is 0. The highest BCUT2D eigenvalue weighted by Gasteiger charge is 2.19. The van der Waals surface area contributed by atoms with E-state index in [1.165, 1.54) is 10.8 Å². The van der Waals surface area contributed by atoms with E-state index < -0.39 is 0 Å². The Morgan fingerprint density at radius 3 is 2.20 bits per heavy atom. The molecule has 0 unspecified atom stereocenters. The Hall–Kier alpha value is -2.77. The van der Waals surface area contributed by atoms with Gasteiger partial charge >= 0.3 is 0 Å². The molecule has 0 saturated heterocycles. The van der Waals surface area contributed by atoms with Gasteiger partial charge in [0.15, 0.2) is 0 Å². The summed E-state index contributed by atoms with van der Waals surface area (Å²) in [7, 11) is 0. The third-order valence-corrected chi connectivity index (χ3v) is 5.09. The minimum Gasteiger partial charge on any atom is -0.460 e. The zero-order valence-corrected chi connectivity index (χ0v) is 14.5. The van der Waals surface area contributed by atoms with Crippen LogP contribution in [0.25, 0.3) is 43.6 Å². The van der Waals surface area contributed by atoms with Gasteiger partial charge in [-0.3, -0.25) is 0 Å². The van der Waals surface area contributed by atoms with Gasteiger partial charge in [0.05, 0.1) is 0 Å². The first kappa shape index (κ1) is 14.6. The van der Waals surface area contributed by atoms with E-state index in [0.29, 0.717) is 0 Å². The Bertz CT molecular complexity index is 1250. The van der Waals surface area contributed by atoms with Crippen LogP contribution in [-0.2, 0) is 0 Å². The van der Waals surface area contributed by atoms with Crippen LogP contribution in [0.2, 0.25) is 5.02 Å². The van der Waals surface area contributed by atoms with E-state index in [1.807, 2.05) is 25.1 Å². The Balaban J connectivity index is 2.10. The topological polar surface area (TPSA) is 13.1 Å². The Labute approximate surface area is 150 Å². The number of fused-ring (bicyclic) bond motifs is 6. The molecule has 0 amide bonds. The summed E-state index contributed by atoms with van der Waals surface area (Å²) in [5.41, 5.74) is 3.24. The van der Waals surface area contributed by atoms with Crippen molar-refractivity contribution >= 4 is 44.1 Å². The molecule has 0 saturated carbocycles. The SMILES string of the molecule is Cc1oc2c3ccccc3c3ccc(Cl)cc3c2c1-c1ccccc1. The molecular weight excluding hydrogens is 328 g/mol. The zero-order chi connectivity index (χ0) is 17.0. The zero-order valence-electron chi connectivity index (χ0n) is 13.7. The molecule has 1 nitrogen and oxygen atoms in total. The molecule has 5 rings (SSSR count). The summed E-state index contributed by atoms with van der Waals surface area (Å²) >= 11 is 6.34. The van der Waals surface area contributed by atoms with Crippen LogP contribution in [0.3, 0.4) is 0 Å². The molecule has 0 aliphatic rings. The Morgan fingerprint density at radius 1 is 0.720 bits per heavy atom. The van der Waals surface area contributed by atoms with Gasteiger partial charge in [-0.1, -0.05) is 72.3 Å². The van der Waals surface area contributed by atoms with Crippen LogP contribution in [0.1, 0.15) is 5.76 Å². The van der Waals surface area contributed by atoms with Crippen molar-refractivity contribution in [1.82, 2.24) is 0 Å². The fourth-order valence-electron chi connectivity index (χ4n) is 3.82. The fraction of sp³-hybridized carbons (Fsp3) is 0.0435.